The first kappa shape index (κ1) is 9.00. The highest BCUT2D eigenvalue weighted by atomic mass is 14.1. The van der Waals surface area contributed by atoms with Gasteiger partial charge in [-0.05, 0) is 24.7 Å². The third-order valence-corrected chi connectivity index (χ3v) is 2.22. The van der Waals surface area contributed by atoms with Gasteiger partial charge in [-0.3, -0.25) is 0 Å². The first-order valence-electron chi connectivity index (χ1n) is 4.00. The van der Waals surface area contributed by atoms with E-state index in [9.17, 15) is 0 Å². The van der Waals surface area contributed by atoms with Crippen molar-refractivity contribution in [2.75, 3.05) is 0 Å². The summed E-state index contributed by atoms with van der Waals surface area (Å²) in [4.78, 5) is 0. The Kier molecular flexibility index (Phi) is 4.84. The number of hydrogen-bond donors (Lipinski definition) is 0. The fourth-order valence-corrected chi connectivity index (χ4v) is 1.01. The van der Waals surface area contributed by atoms with Gasteiger partial charge >= 0.3 is 0 Å². The lowest BCUT2D eigenvalue weighted by molar-refractivity contribution is 0.373. The average Bonchev–Trinajstić information content (AvgIpc) is 1.87. The van der Waals surface area contributed by atoms with Crippen molar-refractivity contribution in [3.63, 3.8) is 0 Å². The highest BCUT2D eigenvalue weighted by Crippen LogP contribution is 2.18. The minimum atomic E-state index is 0.875. The maximum absolute atomic E-state index is 2.33. The first-order chi connectivity index (χ1) is 4.22. The van der Waals surface area contributed by atoms with E-state index in [1.54, 1.807) is 0 Å². The lowest BCUT2D eigenvalue weighted by Gasteiger charge is -2.16. The molecule has 0 nitrogen and oxygen atoms in total. The molecule has 0 saturated carbocycles. The van der Waals surface area contributed by atoms with Gasteiger partial charge in [-0.15, -0.1) is 0 Å². The Hall–Kier alpha value is 0. The summed E-state index contributed by atoms with van der Waals surface area (Å²) in [6.07, 6.45) is 4.85. The van der Waals surface area contributed by atoms with E-state index in [4.69, 9.17) is 0 Å². The summed E-state index contributed by atoms with van der Waals surface area (Å²) in [6, 6.07) is 0. The molecule has 0 aromatic rings. The van der Waals surface area contributed by atoms with Gasteiger partial charge in [0.25, 0.3) is 0 Å². The van der Waals surface area contributed by atoms with Crippen molar-refractivity contribution in [2.45, 2.75) is 40.5 Å². The monoisotopic (exact) mass is 127 g/mol. The van der Waals surface area contributed by atoms with Crippen molar-refractivity contribution >= 4 is 0 Å². The molecule has 0 rings (SSSR count). The van der Waals surface area contributed by atoms with Crippen LogP contribution in [-0.2, 0) is 0 Å². The molecule has 2 unspecified atom stereocenters. The second-order valence-corrected chi connectivity index (χ2v) is 3.01. The predicted octanol–water partition coefficient (Wildman–Crippen LogP) is 3.28. The molecule has 0 heterocycles. The van der Waals surface area contributed by atoms with E-state index >= 15 is 0 Å². The molecular formula is C9H19. The van der Waals surface area contributed by atoms with Gasteiger partial charge < -0.3 is 0 Å². The Labute approximate surface area is 59.7 Å². The van der Waals surface area contributed by atoms with Gasteiger partial charge in [0.15, 0.2) is 0 Å². The largest absolute Gasteiger partial charge is 0.0651 e. The van der Waals surface area contributed by atoms with Crippen molar-refractivity contribution in [2.24, 2.45) is 11.8 Å². The standard InChI is InChI=1S/C9H19/c1-5-7-9(4)8(3)6-2/h5,8-9H,6-7H2,1-4H3. The van der Waals surface area contributed by atoms with Crippen LogP contribution in [0.4, 0.5) is 0 Å². The van der Waals surface area contributed by atoms with Gasteiger partial charge in [0, 0.05) is 0 Å². The van der Waals surface area contributed by atoms with Crippen LogP contribution < -0.4 is 0 Å². The third-order valence-electron chi connectivity index (χ3n) is 2.22. The Morgan fingerprint density at radius 3 is 2.11 bits per heavy atom. The highest BCUT2D eigenvalue weighted by molar-refractivity contribution is 4.66. The van der Waals surface area contributed by atoms with Gasteiger partial charge in [-0.25, -0.2) is 0 Å². The molecule has 1 radical (unpaired) electrons. The Morgan fingerprint density at radius 2 is 1.78 bits per heavy atom. The van der Waals surface area contributed by atoms with Gasteiger partial charge in [-0.2, -0.15) is 0 Å². The molecule has 0 aliphatic heterocycles. The molecule has 0 N–H and O–H groups in total. The fraction of sp³-hybridized carbons (Fsp3) is 0.889. The van der Waals surface area contributed by atoms with Crippen molar-refractivity contribution in [1.29, 1.82) is 0 Å². The second kappa shape index (κ2) is 4.84. The molecule has 0 heteroatoms. The van der Waals surface area contributed by atoms with Crippen molar-refractivity contribution < 1.29 is 0 Å². The number of rotatable bonds is 4. The van der Waals surface area contributed by atoms with E-state index in [-0.39, 0.29) is 0 Å². The maximum atomic E-state index is 2.33. The van der Waals surface area contributed by atoms with Crippen molar-refractivity contribution in [3.05, 3.63) is 6.42 Å². The van der Waals surface area contributed by atoms with Crippen molar-refractivity contribution in [1.82, 2.24) is 0 Å². The third kappa shape index (κ3) is 3.56. The van der Waals surface area contributed by atoms with Crippen LogP contribution in [0, 0.1) is 18.3 Å². The second-order valence-electron chi connectivity index (χ2n) is 3.01. The number of hydrogen-bond acceptors (Lipinski definition) is 0. The van der Waals surface area contributed by atoms with E-state index in [1.165, 1.54) is 12.8 Å². The van der Waals surface area contributed by atoms with Gasteiger partial charge in [-0.1, -0.05) is 34.1 Å². The summed E-state index contributed by atoms with van der Waals surface area (Å²) in [5.74, 6) is 1.76. The Balaban J connectivity index is 3.32. The lowest BCUT2D eigenvalue weighted by Crippen LogP contribution is -2.05. The molecule has 55 valence electrons. The van der Waals surface area contributed by atoms with Crippen LogP contribution in [0.15, 0.2) is 0 Å². The predicted molar refractivity (Wildman–Crippen MR) is 43.2 cm³/mol. The minimum absolute atomic E-state index is 0.875. The molecule has 0 aliphatic carbocycles. The van der Waals surface area contributed by atoms with E-state index in [0.717, 1.165) is 11.8 Å². The normalized spacial score (nSPS) is 17.3. The van der Waals surface area contributed by atoms with Gasteiger partial charge in [0.05, 0.1) is 0 Å². The van der Waals surface area contributed by atoms with Crippen LogP contribution in [0.25, 0.3) is 0 Å². The van der Waals surface area contributed by atoms with Crippen LogP contribution in [0.5, 0.6) is 0 Å². The smallest absolute Gasteiger partial charge is 0.0414 e. The molecule has 2 atom stereocenters. The molecule has 9 heavy (non-hydrogen) atoms. The molecule has 0 fully saturated rings. The summed E-state index contributed by atoms with van der Waals surface area (Å²) in [5.41, 5.74) is 0. The Morgan fingerprint density at radius 1 is 1.22 bits per heavy atom. The topological polar surface area (TPSA) is 0 Å². The zero-order valence-corrected chi connectivity index (χ0v) is 7.15. The van der Waals surface area contributed by atoms with E-state index < -0.39 is 0 Å². The van der Waals surface area contributed by atoms with Gasteiger partial charge in [0.1, 0.15) is 0 Å². The molecule has 0 bridgehead atoms. The fourth-order valence-electron chi connectivity index (χ4n) is 1.01. The summed E-state index contributed by atoms with van der Waals surface area (Å²) in [5, 5.41) is 0. The Bertz CT molecular complexity index is 57.1. The molecule has 0 saturated heterocycles. The molecule has 0 spiro atoms. The van der Waals surface area contributed by atoms with Crippen molar-refractivity contribution in [3.8, 4) is 0 Å². The first-order valence-corrected chi connectivity index (χ1v) is 4.00. The maximum Gasteiger partial charge on any atom is -0.0414 e. The van der Waals surface area contributed by atoms with Crippen LogP contribution in [-0.4, -0.2) is 0 Å². The summed E-state index contributed by atoms with van der Waals surface area (Å²) in [6.45, 7) is 9.05. The zero-order chi connectivity index (χ0) is 7.28. The summed E-state index contributed by atoms with van der Waals surface area (Å²) < 4.78 is 0. The summed E-state index contributed by atoms with van der Waals surface area (Å²) in [7, 11) is 0. The SMILES string of the molecule is C[CH]CC(C)C(C)CC. The molecule has 0 aromatic heterocycles. The molecular weight excluding hydrogens is 108 g/mol. The lowest BCUT2D eigenvalue weighted by atomic mass is 9.90. The quantitative estimate of drug-likeness (QED) is 0.543. The molecule has 0 amide bonds. The highest BCUT2D eigenvalue weighted by Gasteiger charge is 2.07. The van der Waals surface area contributed by atoms with Crippen LogP contribution in [0.2, 0.25) is 0 Å². The van der Waals surface area contributed by atoms with E-state index in [2.05, 4.69) is 34.1 Å². The minimum Gasteiger partial charge on any atom is -0.0651 e. The average molecular weight is 127 g/mol. The van der Waals surface area contributed by atoms with E-state index in [0.29, 0.717) is 0 Å². The van der Waals surface area contributed by atoms with E-state index in [1.807, 2.05) is 0 Å². The van der Waals surface area contributed by atoms with Crippen LogP contribution in [0.3, 0.4) is 0 Å². The molecule has 0 aromatic carbocycles. The zero-order valence-electron chi connectivity index (χ0n) is 7.15. The van der Waals surface area contributed by atoms with Crippen LogP contribution in [0.1, 0.15) is 40.5 Å². The van der Waals surface area contributed by atoms with Crippen LogP contribution >= 0.6 is 0 Å². The molecule has 0 aliphatic rings. The van der Waals surface area contributed by atoms with Gasteiger partial charge in [0.2, 0.25) is 0 Å². The summed E-state index contributed by atoms with van der Waals surface area (Å²) >= 11 is 0.